The number of esters is 1. The summed E-state index contributed by atoms with van der Waals surface area (Å²) in [6.45, 7) is -0.342. The van der Waals surface area contributed by atoms with E-state index in [4.69, 9.17) is 10.6 Å². The van der Waals surface area contributed by atoms with Crippen molar-refractivity contribution in [1.29, 1.82) is 0 Å². The van der Waals surface area contributed by atoms with Crippen molar-refractivity contribution in [2.75, 3.05) is 13.7 Å². The van der Waals surface area contributed by atoms with Gasteiger partial charge < -0.3 is 9.84 Å². The van der Waals surface area contributed by atoms with Gasteiger partial charge in [-0.2, -0.15) is 0 Å². The number of azide groups is 1. The highest BCUT2D eigenvalue weighted by Crippen LogP contribution is 2.26. The summed E-state index contributed by atoms with van der Waals surface area (Å²) in [6.07, 6.45) is 0. The average Bonchev–Trinajstić information content (AvgIpc) is 2.73. The van der Waals surface area contributed by atoms with Crippen molar-refractivity contribution in [2.45, 2.75) is 6.04 Å². The number of hydrogen-bond acceptors (Lipinski definition) is 5. The molecule has 1 atom stereocenters. The molecule has 0 fully saturated rings. The van der Waals surface area contributed by atoms with E-state index < -0.39 is 12.0 Å². The monoisotopic (exact) mass is 227 g/mol. The van der Waals surface area contributed by atoms with E-state index >= 15 is 0 Å². The van der Waals surface area contributed by atoms with Crippen molar-refractivity contribution in [1.82, 2.24) is 0 Å². The Bertz CT molecular complexity index is 398. The Labute approximate surface area is 89.7 Å². The average molecular weight is 227 g/mol. The van der Waals surface area contributed by atoms with Crippen molar-refractivity contribution in [3.8, 4) is 0 Å². The first kappa shape index (κ1) is 11.5. The summed E-state index contributed by atoms with van der Waals surface area (Å²) < 4.78 is 4.56. The molecule has 7 heteroatoms. The molecule has 0 radical (unpaired) electrons. The van der Waals surface area contributed by atoms with Crippen LogP contribution in [0.5, 0.6) is 0 Å². The molecule has 15 heavy (non-hydrogen) atoms. The molecule has 1 unspecified atom stereocenters. The summed E-state index contributed by atoms with van der Waals surface area (Å²) in [5, 5.41) is 14.1. The standard InChI is InChI=1S/C8H9N3O3S/c1-14-8(13)7-5(2-3-15-7)6(4-12)10-11-9/h2-3,6,12H,4H2,1H3. The second-order valence-corrected chi connectivity index (χ2v) is 3.52. The first-order valence-electron chi connectivity index (χ1n) is 4.05. The summed E-state index contributed by atoms with van der Waals surface area (Å²) in [7, 11) is 1.27. The van der Waals surface area contributed by atoms with E-state index in [1.807, 2.05) is 0 Å². The van der Waals surface area contributed by atoms with Crippen LogP contribution in [0.25, 0.3) is 10.4 Å². The SMILES string of the molecule is COC(=O)c1sccc1C(CO)N=[N+]=[N-]. The molecule has 0 aliphatic heterocycles. The van der Waals surface area contributed by atoms with Gasteiger partial charge in [0.05, 0.1) is 19.8 Å². The number of aliphatic hydroxyl groups is 1. The summed E-state index contributed by atoms with van der Waals surface area (Å²) in [5.74, 6) is -0.494. The predicted molar refractivity (Wildman–Crippen MR) is 54.6 cm³/mol. The number of rotatable bonds is 4. The minimum atomic E-state index is -0.740. The lowest BCUT2D eigenvalue weighted by Crippen LogP contribution is -2.07. The number of aliphatic hydroxyl groups excluding tert-OH is 1. The van der Waals surface area contributed by atoms with Crippen molar-refractivity contribution < 1.29 is 14.6 Å². The minimum absolute atomic E-state index is 0.342. The van der Waals surface area contributed by atoms with Crippen LogP contribution in [-0.4, -0.2) is 24.8 Å². The van der Waals surface area contributed by atoms with E-state index in [9.17, 15) is 4.79 Å². The van der Waals surface area contributed by atoms with E-state index in [0.717, 1.165) is 0 Å². The van der Waals surface area contributed by atoms with E-state index in [-0.39, 0.29) is 6.61 Å². The zero-order valence-electron chi connectivity index (χ0n) is 7.95. The molecule has 0 amide bonds. The Morgan fingerprint density at radius 3 is 3.13 bits per heavy atom. The quantitative estimate of drug-likeness (QED) is 0.368. The third-order valence-corrected chi connectivity index (χ3v) is 2.70. The molecule has 1 rings (SSSR count). The highest BCUT2D eigenvalue weighted by atomic mass is 32.1. The fraction of sp³-hybridized carbons (Fsp3) is 0.375. The summed E-state index contributed by atoms with van der Waals surface area (Å²) >= 11 is 1.18. The lowest BCUT2D eigenvalue weighted by molar-refractivity contribution is 0.0604. The fourth-order valence-electron chi connectivity index (χ4n) is 1.10. The highest BCUT2D eigenvalue weighted by Gasteiger charge is 2.19. The van der Waals surface area contributed by atoms with Gasteiger partial charge in [0.25, 0.3) is 0 Å². The van der Waals surface area contributed by atoms with Crippen molar-refractivity contribution in [2.24, 2.45) is 5.11 Å². The lowest BCUT2D eigenvalue weighted by Gasteiger charge is -2.07. The van der Waals surface area contributed by atoms with Crippen LogP contribution >= 0.6 is 11.3 Å². The molecule has 1 aromatic heterocycles. The topological polar surface area (TPSA) is 95.3 Å². The van der Waals surface area contributed by atoms with Crippen molar-refractivity contribution >= 4 is 17.3 Å². The number of carbonyl (C=O) groups excluding carboxylic acids is 1. The Morgan fingerprint density at radius 2 is 2.60 bits per heavy atom. The summed E-state index contributed by atoms with van der Waals surface area (Å²) in [6, 6.07) is 0.891. The van der Waals surface area contributed by atoms with Gasteiger partial charge in [-0.3, -0.25) is 0 Å². The Hall–Kier alpha value is -1.56. The Kier molecular flexibility index (Phi) is 4.11. The zero-order valence-corrected chi connectivity index (χ0v) is 8.77. The summed E-state index contributed by atoms with van der Waals surface area (Å²) in [5.41, 5.74) is 8.78. The molecule has 1 aromatic rings. The molecule has 0 aromatic carbocycles. The number of nitrogens with zero attached hydrogens (tertiary/aromatic N) is 3. The van der Waals surface area contributed by atoms with Gasteiger partial charge in [0.15, 0.2) is 0 Å². The first-order valence-corrected chi connectivity index (χ1v) is 4.93. The zero-order chi connectivity index (χ0) is 11.3. The van der Waals surface area contributed by atoms with Gasteiger partial charge in [-0.05, 0) is 22.5 Å². The number of hydrogen-bond donors (Lipinski definition) is 1. The Balaban J connectivity index is 3.07. The van der Waals surface area contributed by atoms with Crippen LogP contribution < -0.4 is 0 Å². The van der Waals surface area contributed by atoms with Crippen LogP contribution in [0.1, 0.15) is 21.3 Å². The normalized spacial score (nSPS) is 11.6. The van der Waals surface area contributed by atoms with E-state index in [1.165, 1.54) is 18.4 Å². The van der Waals surface area contributed by atoms with Gasteiger partial charge in [-0.15, -0.1) is 11.3 Å². The van der Waals surface area contributed by atoms with Crippen LogP contribution in [0.15, 0.2) is 16.6 Å². The summed E-state index contributed by atoms with van der Waals surface area (Å²) in [4.78, 5) is 14.2. The molecule has 0 aliphatic carbocycles. The van der Waals surface area contributed by atoms with Gasteiger partial charge in [0, 0.05) is 4.91 Å². The van der Waals surface area contributed by atoms with Crippen LogP contribution in [-0.2, 0) is 4.74 Å². The largest absolute Gasteiger partial charge is 0.465 e. The molecule has 0 bridgehead atoms. The molecule has 0 spiro atoms. The smallest absolute Gasteiger partial charge is 0.348 e. The number of methoxy groups -OCH3 is 1. The van der Waals surface area contributed by atoms with Gasteiger partial charge in [-0.1, -0.05) is 5.11 Å². The lowest BCUT2D eigenvalue weighted by atomic mass is 10.1. The van der Waals surface area contributed by atoms with Gasteiger partial charge in [0.1, 0.15) is 4.88 Å². The Morgan fingerprint density at radius 1 is 1.87 bits per heavy atom. The fourth-order valence-corrected chi connectivity index (χ4v) is 1.97. The number of carbonyl (C=O) groups is 1. The van der Waals surface area contributed by atoms with Crippen LogP contribution in [0.4, 0.5) is 0 Å². The van der Waals surface area contributed by atoms with E-state index in [2.05, 4.69) is 14.8 Å². The maximum atomic E-state index is 11.3. The van der Waals surface area contributed by atoms with E-state index in [1.54, 1.807) is 11.4 Å². The van der Waals surface area contributed by atoms with Crippen LogP contribution in [0.3, 0.4) is 0 Å². The molecular weight excluding hydrogens is 218 g/mol. The molecule has 0 aliphatic rings. The predicted octanol–water partition coefficient (Wildman–Crippen LogP) is 1.88. The third-order valence-electron chi connectivity index (χ3n) is 1.79. The molecular formula is C8H9N3O3S. The second-order valence-electron chi connectivity index (χ2n) is 2.60. The maximum Gasteiger partial charge on any atom is 0.348 e. The van der Waals surface area contributed by atoms with Crippen LogP contribution in [0.2, 0.25) is 0 Å². The van der Waals surface area contributed by atoms with E-state index in [0.29, 0.717) is 10.4 Å². The molecule has 0 saturated carbocycles. The molecule has 0 saturated heterocycles. The number of thiophene rings is 1. The van der Waals surface area contributed by atoms with Crippen LogP contribution in [0, 0.1) is 0 Å². The van der Waals surface area contributed by atoms with Gasteiger partial charge >= 0.3 is 5.97 Å². The first-order chi connectivity index (χ1) is 7.24. The third kappa shape index (κ3) is 2.47. The highest BCUT2D eigenvalue weighted by molar-refractivity contribution is 7.12. The van der Waals surface area contributed by atoms with Gasteiger partial charge in [0.2, 0.25) is 0 Å². The van der Waals surface area contributed by atoms with Crippen molar-refractivity contribution in [3.05, 3.63) is 32.3 Å². The number of ether oxygens (including phenoxy) is 1. The molecule has 1 N–H and O–H groups in total. The maximum absolute atomic E-state index is 11.3. The van der Waals surface area contributed by atoms with Gasteiger partial charge in [-0.25, -0.2) is 4.79 Å². The minimum Gasteiger partial charge on any atom is -0.465 e. The second kappa shape index (κ2) is 5.35. The molecule has 6 nitrogen and oxygen atoms in total. The molecule has 80 valence electrons. The molecule has 1 heterocycles. The van der Waals surface area contributed by atoms with Crippen molar-refractivity contribution in [3.63, 3.8) is 0 Å².